The Bertz CT molecular complexity index is 510. The van der Waals surface area contributed by atoms with Crippen LogP contribution < -0.4 is 5.73 Å². The zero-order valence-corrected chi connectivity index (χ0v) is 8.23. The lowest BCUT2D eigenvalue weighted by Crippen LogP contribution is -2.08. The summed E-state index contributed by atoms with van der Waals surface area (Å²) in [5, 5.41) is 7.26. The number of hydrogen-bond donors (Lipinski definition) is 1. The topological polar surface area (TPSA) is 61.7 Å². The lowest BCUT2D eigenvalue weighted by Gasteiger charge is -2.00. The van der Waals surface area contributed by atoms with Crippen molar-refractivity contribution < 1.29 is 13.2 Å². The van der Waals surface area contributed by atoms with Crippen LogP contribution in [0, 0.1) is 0 Å². The third kappa shape index (κ3) is 1.73. The van der Waals surface area contributed by atoms with Crippen LogP contribution in [0.2, 0.25) is 0 Å². The van der Waals surface area contributed by atoms with E-state index in [1.165, 1.54) is 10.7 Å². The summed E-state index contributed by atoms with van der Waals surface area (Å²) in [4.78, 5) is 0. The Balaban J connectivity index is 2.47. The highest BCUT2D eigenvalue weighted by molar-refractivity contribution is 5.39. The summed E-state index contributed by atoms with van der Waals surface area (Å²) in [5.41, 5.74) is 4.40. The van der Waals surface area contributed by atoms with Crippen LogP contribution in [0.3, 0.4) is 0 Å². The zero-order chi connectivity index (χ0) is 11.9. The monoisotopic (exact) mass is 231 g/mol. The van der Waals surface area contributed by atoms with Crippen molar-refractivity contribution in [3.05, 3.63) is 24.0 Å². The molecule has 0 aliphatic carbocycles. The molecule has 0 aliphatic heterocycles. The van der Waals surface area contributed by atoms with Gasteiger partial charge in [0.25, 0.3) is 0 Å². The highest BCUT2D eigenvalue weighted by Gasteiger charge is 2.35. The number of nitrogen functional groups attached to an aromatic ring is 1. The van der Waals surface area contributed by atoms with Gasteiger partial charge in [0.15, 0.2) is 11.5 Å². The fraction of sp³-hybridized carbons (Fsp3) is 0.250. The first kappa shape index (κ1) is 10.5. The predicted molar refractivity (Wildman–Crippen MR) is 49.7 cm³/mol. The van der Waals surface area contributed by atoms with E-state index in [9.17, 15) is 13.2 Å². The molecule has 2 aromatic heterocycles. The quantitative estimate of drug-likeness (QED) is 0.802. The molecule has 0 saturated heterocycles. The van der Waals surface area contributed by atoms with Crippen molar-refractivity contribution in [3.8, 4) is 5.82 Å². The van der Waals surface area contributed by atoms with Gasteiger partial charge in [-0.15, -0.1) is 0 Å². The smallest absolute Gasteiger partial charge is 0.384 e. The van der Waals surface area contributed by atoms with Gasteiger partial charge in [-0.25, -0.2) is 0 Å². The first-order chi connectivity index (χ1) is 7.38. The van der Waals surface area contributed by atoms with Crippen molar-refractivity contribution in [2.24, 2.45) is 7.05 Å². The number of nitrogens with two attached hydrogens (primary N) is 1. The van der Waals surface area contributed by atoms with E-state index in [0.717, 1.165) is 10.7 Å². The van der Waals surface area contributed by atoms with E-state index in [4.69, 9.17) is 5.73 Å². The average Bonchev–Trinajstić information content (AvgIpc) is 2.70. The summed E-state index contributed by atoms with van der Waals surface area (Å²) in [6.07, 6.45) is -2.92. The zero-order valence-electron chi connectivity index (χ0n) is 8.23. The van der Waals surface area contributed by atoms with Gasteiger partial charge < -0.3 is 5.73 Å². The molecule has 0 fully saturated rings. The van der Waals surface area contributed by atoms with Gasteiger partial charge in [0.2, 0.25) is 0 Å². The van der Waals surface area contributed by atoms with Crippen LogP contribution >= 0.6 is 0 Å². The summed E-state index contributed by atoms with van der Waals surface area (Å²) in [5.74, 6) is 0.140. The molecular weight excluding hydrogens is 223 g/mol. The molecule has 0 aliphatic rings. The Kier molecular flexibility index (Phi) is 2.14. The van der Waals surface area contributed by atoms with Crippen molar-refractivity contribution in [1.29, 1.82) is 0 Å². The second-order valence-electron chi connectivity index (χ2n) is 3.21. The minimum atomic E-state index is -4.51. The molecule has 0 saturated carbocycles. The summed E-state index contributed by atoms with van der Waals surface area (Å²) in [6.45, 7) is 0. The first-order valence-corrected chi connectivity index (χ1v) is 4.30. The van der Waals surface area contributed by atoms with E-state index < -0.39 is 11.9 Å². The molecule has 2 rings (SSSR count). The van der Waals surface area contributed by atoms with Gasteiger partial charge in [-0.3, -0.25) is 4.68 Å². The van der Waals surface area contributed by atoms with Crippen molar-refractivity contribution in [2.75, 3.05) is 5.73 Å². The number of aromatic nitrogens is 4. The number of anilines is 1. The van der Waals surface area contributed by atoms with E-state index in [1.54, 1.807) is 13.2 Å². The Labute approximate surface area is 88.3 Å². The van der Waals surface area contributed by atoms with Crippen molar-refractivity contribution in [3.63, 3.8) is 0 Å². The van der Waals surface area contributed by atoms with E-state index in [1.807, 2.05) is 0 Å². The van der Waals surface area contributed by atoms with Crippen LogP contribution in [0.4, 0.5) is 19.0 Å². The maximum atomic E-state index is 12.3. The molecule has 0 radical (unpaired) electrons. The van der Waals surface area contributed by atoms with E-state index >= 15 is 0 Å². The fourth-order valence-electron chi connectivity index (χ4n) is 1.23. The molecular formula is C8H8F3N5. The Hall–Kier alpha value is -1.99. The van der Waals surface area contributed by atoms with Crippen molar-refractivity contribution in [2.45, 2.75) is 6.18 Å². The van der Waals surface area contributed by atoms with Gasteiger partial charge in [0.05, 0.1) is 0 Å². The average molecular weight is 231 g/mol. The first-order valence-electron chi connectivity index (χ1n) is 4.30. The normalized spacial score (nSPS) is 12.0. The largest absolute Gasteiger partial charge is 0.435 e. The number of alkyl halides is 3. The molecule has 2 heterocycles. The van der Waals surface area contributed by atoms with E-state index in [2.05, 4.69) is 10.2 Å². The van der Waals surface area contributed by atoms with Crippen LogP contribution in [0.5, 0.6) is 0 Å². The number of hydrogen-bond acceptors (Lipinski definition) is 3. The highest BCUT2D eigenvalue weighted by Crippen LogP contribution is 2.29. The van der Waals surface area contributed by atoms with E-state index in [0.29, 0.717) is 0 Å². The molecule has 2 aromatic rings. The summed E-state index contributed by atoms with van der Waals surface area (Å²) < 4.78 is 39.4. The molecule has 0 unspecified atom stereocenters. The maximum Gasteiger partial charge on any atom is 0.435 e. The van der Waals surface area contributed by atoms with Gasteiger partial charge in [0.1, 0.15) is 5.82 Å². The molecule has 2 N–H and O–H groups in total. The summed E-state index contributed by atoms with van der Waals surface area (Å²) >= 11 is 0. The SMILES string of the molecule is Cn1ccc(-n2nc(C(F)(F)F)cc2N)n1. The molecule has 0 aromatic carbocycles. The van der Waals surface area contributed by atoms with E-state index in [-0.39, 0.29) is 11.6 Å². The summed E-state index contributed by atoms with van der Waals surface area (Å²) in [6, 6.07) is 2.29. The Morgan fingerprint density at radius 3 is 2.44 bits per heavy atom. The third-order valence-electron chi connectivity index (χ3n) is 1.94. The van der Waals surface area contributed by atoms with Gasteiger partial charge in [-0.05, 0) is 0 Å². The van der Waals surface area contributed by atoms with Gasteiger partial charge >= 0.3 is 6.18 Å². The lowest BCUT2D eigenvalue weighted by atomic mass is 10.4. The second kappa shape index (κ2) is 3.26. The van der Waals surface area contributed by atoms with Crippen LogP contribution in [0.1, 0.15) is 5.69 Å². The van der Waals surface area contributed by atoms with Crippen LogP contribution in [-0.4, -0.2) is 19.6 Å². The number of aryl methyl sites for hydroxylation is 1. The minimum absolute atomic E-state index is 0.106. The molecule has 8 heteroatoms. The van der Waals surface area contributed by atoms with Crippen molar-refractivity contribution >= 4 is 5.82 Å². The molecule has 0 spiro atoms. The Morgan fingerprint density at radius 1 is 1.31 bits per heavy atom. The lowest BCUT2D eigenvalue weighted by molar-refractivity contribution is -0.141. The fourth-order valence-corrected chi connectivity index (χ4v) is 1.23. The molecule has 0 atom stereocenters. The number of halogens is 3. The number of rotatable bonds is 1. The molecule has 16 heavy (non-hydrogen) atoms. The Morgan fingerprint density at radius 2 is 2.00 bits per heavy atom. The molecule has 86 valence electrons. The van der Waals surface area contributed by atoms with Crippen LogP contribution in [0.25, 0.3) is 5.82 Å². The molecule has 0 bridgehead atoms. The van der Waals surface area contributed by atoms with Crippen LogP contribution in [-0.2, 0) is 13.2 Å². The van der Waals surface area contributed by atoms with Gasteiger partial charge in [0, 0.05) is 25.4 Å². The van der Waals surface area contributed by atoms with Crippen molar-refractivity contribution in [1.82, 2.24) is 19.6 Å². The third-order valence-corrected chi connectivity index (χ3v) is 1.94. The van der Waals surface area contributed by atoms with Gasteiger partial charge in [-0.2, -0.15) is 28.1 Å². The van der Waals surface area contributed by atoms with Crippen LogP contribution in [0.15, 0.2) is 18.3 Å². The predicted octanol–water partition coefficient (Wildman–Crippen LogP) is 1.21. The molecule has 0 amide bonds. The van der Waals surface area contributed by atoms with Gasteiger partial charge in [-0.1, -0.05) is 0 Å². The number of nitrogens with zero attached hydrogens (tertiary/aromatic N) is 4. The summed E-state index contributed by atoms with van der Waals surface area (Å²) in [7, 11) is 1.65. The standard InChI is InChI=1S/C8H8F3N5/c1-15-3-2-7(14-15)16-6(12)4-5(13-16)8(9,10)11/h2-4H,12H2,1H3. The second-order valence-corrected chi connectivity index (χ2v) is 3.21. The highest BCUT2D eigenvalue weighted by atomic mass is 19.4. The minimum Gasteiger partial charge on any atom is -0.384 e. The molecule has 5 nitrogen and oxygen atoms in total. The maximum absolute atomic E-state index is 12.3.